The van der Waals surface area contributed by atoms with Gasteiger partial charge in [0, 0.05) is 32.4 Å². The molecule has 2 atom stereocenters. The van der Waals surface area contributed by atoms with Crippen molar-refractivity contribution in [2.45, 2.75) is 25.4 Å². The molecule has 150 valence electrons. The van der Waals surface area contributed by atoms with Crippen LogP contribution >= 0.6 is 0 Å². The summed E-state index contributed by atoms with van der Waals surface area (Å²) in [5, 5.41) is 3.63. The molecule has 1 N–H and O–H groups in total. The molecule has 7 heteroatoms. The number of carbonyl (C=O) groups excluding carboxylic acids is 1. The molecule has 0 saturated heterocycles. The Kier molecular flexibility index (Phi) is 4.61. The monoisotopic (exact) mass is 397 g/mol. The van der Waals surface area contributed by atoms with Gasteiger partial charge in [-0.2, -0.15) is 0 Å². The first kappa shape index (κ1) is 19.1. The maximum absolute atomic E-state index is 13.9. The van der Waals surface area contributed by atoms with E-state index in [1.165, 1.54) is 4.57 Å². The molecule has 2 aromatic carbocycles. The Labute approximate surface area is 166 Å². The van der Waals surface area contributed by atoms with Gasteiger partial charge in [-0.05, 0) is 41.6 Å². The van der Waals surface area contributed by atoms with Crippen LogP contribution in [0.3, 0.4) is 0 Å². The Morgan fingerprint density at radius 1 is 1.21 bits per heavy atom. The zero-order valence-electron chi connectivity index (χ0n) is 16.4. The number of fused-ring (bicyclic) bond motifs is 2. The average Bonchev–Trinajstić information content (AvgIpc) is 3.15. The zero-order valence-corrected chi connectivity index (χ0v) is 16.4. The van der Waals surface area contributed by atoms with Crippen molar-refractivity contribution < 1.29 is 13.6 Å². The highest BCUT2D eigenvalue weighted by Gasteiger charge is 2.31. The molecular weight excluding hydrogens is 376 g/mol. The number of pyridine rings is 1. The van der Waals surface area contributed by atoms with Gasteiger partial charge in [-0.15, -0.1) is 0 Å². The van der Waals surface area contributed by atoms with Crippen molar-refractivity contribution in [3.05, 3.63) is 75.7 Å². The molecule has 0 radical (unpaired) electrons. The first-order valence-corrected chi connectivity index (χ1v) is 9.37. The lowest BCUT2D eigenvalue weighted by Gasteiger charge is -2.29. The van der Waals surface area contributed by atoms with Crippen molar-refractivity contribution in [3.8, 4) is 0 Å². The molecule has 0 saturated carbocycles. The molecule has 29 heavy (non-hydrogen) atoms. The maximum atomic E-state index is 13.9. The van der Waals surface area contributed by atoms with Crippen molar-refractivity contribution in [1.29, 1.82) is 0 Å². The number of anilines is 1. The van der Waals surface area contributed by atoms with Gasteiger partial charge >= 0.3 is 0 Å². The summed E-state index contributed by atoms with van der Waals surface area (Å²) in [5.74, 6) is -2.21. The number of para-hydroxylation sites is 1. The first-order valence-electron chi connectivity index (χ1n) is 9.37. The highest BCUT2D eigenvalue weighted by Crippen LogP contribution is 2.30. The average molecular weight is 397 g/mol. The number of likely N-dealkylation sites (N-methyl/N-ethyl adjacent to an activating group) is 1. The minimum atomic E-state index is -1.07. The molecular formula is C22H21F2N3O2. The third-order valence-electron chi connectivity index (χ3n) is 5.70. The number of aromatic nitrogens is 1. The van der Waals surface area contributed by atoms with E-state index in [0.29, 0.717) is 17.4 Å². The van der Waals surface area contributed by atoms with Crippen LogP contribution in [0.5, 0.6) is 0 Å². The van der Waals surface area contributed by atoms with E-state index in [0.717, 1.165) is 23.4 Å². The van der Waals surface area contributed by atoms with E-state index in [1.807, 2.05) is 24.3 Å². The summed E-state index contributed by atoms with van der Waals surface area (Å²) in [4.78, 5) is 27.1. The number of benzene rings is 2. The fourth-order valence-electron chi connectivity index (χ4n) is 3.91. The molecule has 5 nitrogen and oxygen atoms in total. The zero-order chi connectivity index (χ0) is 20.9. The topological polar surface area (TPSA) is 54.3 Å². The summed E-state index contributed by atoms with van der Waals surface area (Å²) in [7, 11) is 3.23. The summed E-state index contributed by atoms with van der Waals surface area (Å²) in [6.07, 6.45) is 2.16. The second-order valence-electron chi connectivity index (χ2n) is 7.50. The molecule has 3 aromatic rings. The van der Waals surface area contributed by atoms with E-state index >= 15 is 0 Å². The smallest absolute Gasteiger partial charge is 0.258 e. The number of nitrogens with zero attached hydrogens (tertiary/aromatic N) is 2. The fourth-order valence-corrected chi connectivity index (χ4v) is 3.91. The predicted octanol–water partition coefficient (Wildman–Crippen LogP) is 3.37. The summed E-state index contributed by atoms with van der Waals surface area (Å²) in [6, 6.07) is 8.86. The van der Waals surface area contributed by atoms with Gasteiger partial charge < -0.3 is 14.8 Å². The van der Waals surface area contributed by atoms with Gasteiger partial charge in [-0.3, -0.25) is 9.59 Å². The fraction of sp³-hybridized carbons (Fsp3) is 0.273. The lowest BCUT2D eigenvalue weighted by atomic mass is 10.00. The van der Waals surface area contributed by atoms with Crippen LogP contribution in [-0.4, -0.2) is 28.5 Å². The summed E-state index contributed by atoms with van der Waals surface area (Å²) >= 11 is 0. The van der Waals surface area contributed by atoms with E-state index in [-0.39, 0.29) is 11.3 Å². The van der Waals surface area contributed by atoms with Crippen LogP contribution in [0, 0.1) is 11.6 Å². The van der Waals surface area contributed by atoms with E-state index in [9.17, 15) is 18.4 Å². The molecule has 1 aromatic heterocycles. The number of hydrogen-bond acceptors (Lipinski definition) is 3. The van der Waals surface area contributed by atoms with Crippen LogP contribution in [0.25, 0.3) is 10.8 Å². The molecule has 1 aliphatic heterocycles. The number of nitrogens with one attached hydrogen (secondary N) is 1. The van der Waals surface area contributed by atoms with Crippen molar-refractivity contribution >= 4 is 22.4 Å². The largest absolute Gasteiger partial charge is 0.373 e. The Bertz CT molecular complexity index is 1160. The van der Waals surface area contributed by atoms with Crippen LogP contribution in [0.4, 0.5) is 14.5 Å². The Morgan fingerprint density at radius 2 is 1.86 bits per heavy atom. The van der Waals surface area contributed by atoms with Gasteiger partial charge in [0.1, 0.15) is 6.04 Å². The number of rotatable bonds is 3. The number of amides is 1. The van der Waals surface area contributed by atoms with Crippen LogP contribution in [-0.2, 0) is 18.3 Å². The lowest BCUT2D eigenvalue weighted by molar-refractivity contribution is -0.132. The molecule has 1 aliphatic rings. The normalized spacial score (nSPS) is 16.4. The standard InChI is InChI=1S/C22H21F2N3O2/c1-12(27(3)22(29)20-8-13-6-4-5-7-19(13)25-20)16-11-26(2)21(28)15-10-18(24)17(23)9-14(15)16/h4-7,9-12,20,25H,8H2,1-3H3/t12?,20-/m0/s1. The minimum absolute atomic E-state index is 0.0861. The van der Waals surface area contributed by atoms with E-state index in [4.69, 9.17) is 0 Å². The lowest BCUT2D eigenvalue weighted by Crippen LogP contribution is -2.41. The maximum Gasteiger partial charge on any atom is 0.258 e. The predicted molar refractivity (Wildman–Crippen MR) is 108 cm³/mol. The van der Waals surface area contributed by atoms with Crippen molar-refractivity contribution in [3.63, 3.8) is 0 Å². The quantitative estimate of drug-likeness (QED) is 0.737. The van der Waals surface area contributed by atoms with Crippen LogP contribution in [0.2, 0.25) is 0 Å². The highest BCUT2D eigenvalue weighted by molar-refractivity contribution is 5.89. The van der Waals surface area contributed by atoms with Gasteiger partial charge in [0.2, 0.25) is 5.91 Å². The van der Waals surface area contributed by atoms with Gasteiger partial charge in [-0.1, -0.05) is 18.2 Å². The second-order valence-corrected chi connectivity index (χ2v) is 7.50. The van der Waals surface area contributed by atoms with E-state index < -0.39 is 29.3 Å². The summed E-state index contributed by atoms with van der Waals surface area (Å²) in [6.45, 7) is 1.81. The van der Waals surface area contributed by atoms with E-state index in [1.54, 1.807) is 32.1 Å². The van der Waals surface area contributed by atoms with Gasteiger partial charge in [-0.25, -0.2) is 8.78 Å². The molecule has 0 aliphatic carbocycles. The first-order chi connectivity index (χ1) is 13.8. The number of aryl methyl sites for hydroxylation is 1. The molecule has 0 bridgehead atoms. The molecule has 1 unspecified atom stereocenters. The van der Waals surface area contributed by atoms with Crippen molar-refractivity contribution in [1.82, 2.24) is 9.47 Å². The summed E-state index contributed by atoms with van der Waals surface area (Å²) in [5.41, 5.74) is 2.18. The number of hydrogen-bond donors (Lipinski definition) is 1. The third kappa shape index (κ3) is 3.16. The molecule has 1 amide bonds. The van der Waals surface area contributed by atoms with Crippen LogP contribution in [0.15, 0.2) is 47.4 Å². The summed E-state index contributed by atoms with van der Waals surface area (Å²) < 4.78 is 29.0. The molecule has 4 rings (SSSR count). The number of halogens is 2. The SMILES string of the molecule is CC(c1cn(C)c(=O)c2cc(F)c(F)cc12)N(C)C(=O)[C@@H]1Cc2ccccc2N1. The second kappa shape index (κ2) is 6.99. The third-order valence-corrected chi connectivity index (χ3v) is 5.70. The van der Waals surface area contributed by atoms with Crippen LogP contribution < -0.4 is 10.9 Å². The molecule has 0 fully saturated rings. The van der Waals surface area contributed by atoms with Gasteiger partial charge in [0.05, 0.1) is 11.4 Å². The molecule has 2 heterocycles. The number of carbonyl (C=O) groups is 1. The Morgan fingerprint density at radius 3 is 2.55 bits per heavy atom. The highest BCUT2D eigenvalue weighted by atomic mass is 19.2. The van der Waals surface area contributed by atoms with E-state index in [2.05, 4.69) is 5.32 Å². The Balaban J connectivity index is 1.69. The van der Waals surface area contributed by atoms with Gasteiger partial charge in [0.15, 0.2) is 11.6 Å². The van der Waals surface area contributed by atoms with Crippen LogP contribution in [0.1, 0.15) is 24.1 Å². The van der Waals surface area contributed by atoms with Crippen molar-refractivity contribution in [2.75, 3.05) is 12.4 Å². The minimum Gasteiger partial charge on any atom is -0.373 e. The molecule has 0 spiro atoms. The van der Waals surface area contributed by atoms with Crippen molar-refractivity contribution in [2.24, 2.45) is 7.05 Å². The van der Waals surface area contributed by atoms with Gasteiger partial charge in [0.25, 0.3) is 5.56 Å². The Hall–Kier alpha value is -3.22.